The van der Waals surface area contributed by atoms with Gasteiger partial charge in [0.05, 0.1) is 0 Å². The minimum atomic E-state index is -0.308. The number of fused-ring (bicyclic) bond motifs is 2. The predicted molar refractivity (Wildman–Crippen MR) is 72.3 cm³/mol. The first-order valence-corrected chi connectivity index (χ1v) is 7.20. The topological polar surface area (TPSA) is 29.1 Å². The Labute approximate surface area is 113 Å². The van der Waals surface area contributed by atoms with E-state index in [0.717, 1.165) is 11.8 Å². The Kier molecular flexibility index (Phi) is 3.29. The van der Waals surface area contributed by atoms with Gasteiger partial charge in [-0.2, -0.15) is 0 Å². The fourth-order valence-electron chi connectivity index (χ4n) is 3.90. The zero-order valence-corrected chi connectivity index (χ0v) is 11.2. The SMILES string of the molecule is C[C@@H](NC(=O)c1ccc(F)cc1)[C@@H]1C[C@H]2CC[C@H]1C2. The van der Waals surface area contributed by atoms with Crippen molar-refractivity contribution in [3.63, 3.8) is 0 Å². The number of hydrogen-bond acceptors (Lipinski definition) is 1. The summed E-state index contributed by atoms with van der Waals surface area (Å²) in [6, 6.07) is 5.96. The van der Waals surface area contributed by atoms with Gasteiger partial charge in [-0.3, -0.25) is 4.79 Å². The number of hydrogen-bond donors (Lipinski definition) is 1. The first kappa shape index (κ1) is 12.6. The lowest BCUT2D eigenvalue weighted by Crippen LogP contribution is -2.40. The van der Waals surface area contributed by atoms with Crippen LogP contribution < -0.4 is 5.32 Å². The third kappa shape index (κ3) is 2.51. The van der Waals surface area contributed by atoms with Crippen LogP contribution in [0.5, 0.6) is 0 Å². The summed E-state index contributed by atoms with van der Waals surface area (Å²) in [4.78, 5) is 12.1. The fraction of sp³-hybridized carbons (Fsp3) is 0.562. The van der Waals surface area contributed by atoms with Gasteiger partial charge < -0.3 is 5.32 Å². The van der Waals surface area contributed by atoms with Crippen LogP contribution in [-0.2, 0) is 0 Å². The summed E-state index contributed by atoms with van der Waals surface area (Å²) in [5.41, 5.74) is 0.538. The molecule has 2 fully saturated rings. The Morgan fingerprint density at radius 3 is 2.58 bits per heavy atom. The van der Waals surface area contributed by atoms with Crippen molar-refractivity contribution in [1.82, 2.24) is 5.32 Å². The Morgan fingerprint density at radius 1 is 1.26 bits per heavy atom. The average Bonchev–Trinajstić information content (AvgIpc) is 3.01. The summed E-state index contributed by atoms with van der Waals surface area (Å²) in [6.07, 6.45) is 5.31. The van der Waals surface area contributed by atoms with Crippen LogP contribution in [0.25, 0.3) is 0 Å². The number of amides is 1. The van der Waals surface area contributed by atoms with E-state index in [-0.39, 0.29) is 17.8 Å². The molecule has 1 amide bonds. The molecule has 1 aromatic carbocycles. The van der Waals surface area contributed by atoms with Crippen LogP contribution in [0.15, 0.2) is 24.3 Å². The summed E-state index contributed by atoms with van der Waals surface area (Å²) in [6.45, 7) is 2.10. The van der Waals surface area contributed by atoms with Crippen molar-refractivity contribution in [3.8, 4) is 0 Å². The maximum Gasteiger partial charge on any atom is 0.251 e. The molecule has 4 atom stereocenters. The van der Waals surface area contributed by atoms with E-state index >= 15 is 0 Å². The van der Waals surface area contributed by atoms with Crippen LogP contribution >= 0.6 is 0 Å². The molecule has 3 heteroatoms. The van der Waals surface area contributed by atoms with Gasteiger partial charge in [-0.05, 0) is 68.2 Å². The Morgan fingerprint density at radius 2 is 2.00 bits per heavy atom. The molecule has 0 unspecified atom stereocenters. The molecular formula is C16H20FNO. The van der Waals surface area contributed by atoms with E-state index in [1.807, 2.05) is 0 Å². The van der Waals surface area contributed by atoms with Gasteiger partial charge in [-0.1, -0.05) is 6.42 Å². The molecule has 2 bridgehead atoms. The molecular weight excluding hydrogens is 241 g/mol. The third-order valence-electron chi connectivity index (χ3n) is 4.90. The monoisotopic (exact) mass is 261 g/mol. The van der Waals surface area contributed by atoms with E-state index in [9.17, 15) is 9.18 Å². The smallest absolute Gasteiger partial charge is 0.251 e. The van der Waals surface area contributed by atoms with Crippen molar-refractivity contribution in [2.24, 2.45) is 17.8 Å². The molecule has 2 saturated carbocycles. The normalized spacial score (nSPS) is 30.3. The number of rotatable bonds is 3. The van der Waals surface area contributed by atoms with Crippen molar-refractivity contribution >= 4 is 5.91 Å². The molecule has 3 rings (SSSR count). The standard InChI is InChI=1S/C16H20FNO/c1-10(15-9-11-2-3-13(15)8-11)18-16(19)12-4-6-14(17)7-5-12/h4-7,10-11,13,15H,2-3,8-9H2,1H3,(H,18,19)/t10-,11+,13+,15+/m1/s1. The van der Waals surface area contributed by atoms with Gasteiger partial charge in [0.25, 0.3) is 5.91 Å². The molecule has 0 heterocycles. The average molecular weight is 261 g/mol. The predicted octanol–water partition coefficient (Wildman–Crippen LogP) is 3.38. The van der Waals surface area contributed by atoms with E-state index < -0.39 is 0 Å². The van der Waals surface area contributed by atoms with Crippen LogP contribution in [-0.4, -0.2) is 11.9 Å². The van der Waals surface area contributed by atoms with E-state index in [4.69, 9.17) is 0 Å². The number of halogens is 1. The molecule has 0 spiro atoms. The zero-order chi connectivity index (χ0) is 13.4. The first-order valence-electron chi connectivity index (χ1n) is 7.20. The molecule has 0 aliphatic heterocycles. The Bertz CT molecular complexity index is 470. The third-order valence-corrected chi connectivity index (χ3v) is 4.90. The van der Waals surface area contributed by atoms with Gasteiger partial charge >= 0.3 is 0 Å². The Balaban J connectivity index is 1.61. The fourth-order valence-corrected chi connectivity index (χ4v) is 3.90. The molecule has 0 aromatic heterocycles. The van der Waals surface area contributed by atoms with Crippen molar-refractivity contribution in [1.29, 1.82) is 0 Å². The molecule has 1 N–H and O–H groups in total. The quantitative estimate of drug-likeness (QED) is 0.888. The zero-order valence-electron chi connectivity index (χ0n) is 11.2. The maximum absolute atomic E-state index is 12.8. The van der Waals surface area contributed by atoms with Crippen molar-refractivity contribution < 1.29 is 9.18 Å². The molecule has 102 valence electrons. The minimum absolute atomic E-state index is 0.0877. The Hall–Kier alpha value is -1.38. The van der Waals surface area contributed by atoms with Gasteiger partial charge in [-0.15, -0.1) is 0 Å². The van der Waals surface area contributed by atoms with Crippen LogP contribution in [0.4, 0.5) is 4.39 Å². The lowest BCUT2D eigenvalue weighted by atomic mass is 9.84. The van der Waals surface area contributed by atoms with E-state index in [2.05, 4.69) is 12.2 Å². The molecule has 2 nitrogen and oxygen atoms in total. The van der Waals surface area contributed by atoms with Crippen molar-refractivity contribution in [2.45, 2.75) is 38.6 Å². The highest BCUT2D eigenvalue weighted by atomic mass is 19.1. The highest BCUT2D eigenvalue weighted by Gasteiger charge is 2.42. The largest absolute Gasteiger partial charge is 0.349 e. The second kappa shape index (κ2) is 4.95. The minimum Gasteiger partial charge on any atom is -0.349 e. The summed E-state index contributed by atoms with van der Waals surface area (Å²) in [7, 11) is 0. The number of carbonyl (C=O) groups is 1. The second-order valence-electron chi connectivity index (χ2n) is 6.11. The van der Waals surface area contributed by atoms with Gasteiger partial charge in [0.2, 0.25) is 0 Å². The van der Waals surface area contributed by atoms with Crippen LogP contribution in [0.3, 0.4) is 0 Å². The summed E-state index contributed by atoms with van der Waals surface area (Å²) < 4.78 is 12.8. The highest BCUT2D eigenvalue weighted by Crippen LogP contribution is 2.49. The van der Waals surface area contributed by atoms with Crippen LogP contribution in [0.2, 0.25) is 0 Å². The maximum atomic E-state index is 12.8. The summed E-state index contributed by atoms with van der Waals surface area (Å²) >= 11 is 0. The van der Waals surface area contributed by atoms with Gasteiger partial charge in [-0.25, -0.2) is 4.39 Å². The lowest BCUT2D eigenvalue weighted by Gasteiger charge is -2.28. The first-order chi connectivity index (χ1) is 9.13. The molecule has 0 radical (unpaired) electrons. The lowest BCUT2D eigenvalue weighted by molar-refractivity contribution is 0.0915. The van der Waals surface area contributed by atoms with Crippen LogP contribution in [0.1, 0.15) is 43.0 Å². The highest BCUT2D eigenvalue weighted by molar-refractivity contribution is 5.94. The van der Waals surface area contributed by atoms with E-state index in [0.29, 0.717) is 11.5 Å². The van der Waals surface area contributed by atoms with Crippen LogP contribution in [0, 0.1) is 23.6 Å². The van der Waals surface area contributed by atoms with E-state index in [1.54, 1.807) is 0 Å². The molecule has 1 aromatic rings. The number of carbonyl (C=O) groups excluding carboxylic acids is 1. The molecule has 0 saturated heterocycles. The number of nitrogens with one attached hydrogen (secondary N) is 1. The van der Waals surface area contributed by atoms with Crippen molar-refractivity contribution in [2.75, 3.05) is 0 Å². The number of benzene rings is 1. The second-order valence-corrected chi connectivity index (χ2v) is 6.11. The summed E-state index contributed by atoms with van der Waals surface area (Å²) in [5.74, 6) is 1.92. The van der Waals surface area contributed by atoms with E-state index in [1.165, 1.54) is 49.9 Å². The van der Waals surface area contributed by atoms with Gasteiger partial charge in [0, 0.05) is 11.6 Å². The molecule has 2 aliphatic rings. The van der Waals surface area contributed by atoms with Gasteiger partial charge in [0.1, 0.15) is 5.82 Å². The summed E-state index contributed by atoms with van der Waals surface area (Å²) in [5, 5.41) is 3.08. The van der Waals surface area contributed by atoms with Gasteiger partial charge in [0.15, 0.2) is 0 Å². The van der Waals surface area contributed by atoms with Crippen molar-refractivity contribution in [3.05, 3.63) is 35.6 Å². The molecule has 2 aliphatic carbocycles. The molecule has 19 heavy (non-hydrogen) atoms.